The summed E-state index contributed by atoms with van der Waals surface area (Å²) in [6.07, 6.45) is -0.718. The maximum absolute atomic E-state index is 13.1. The van der Waals surface area contributed by atoms with Gasteiger partial charge in [-0.2, -0.15) is 13.2 Å². The molecule has 1 N–H and O–H groups in total. The molecule has 0 radical (unpaired) electrons. The van der Waals surface area contributed by atoms with Gasteiger partial charge in [0.15, 0.2) is 0 Å². The molecule has 0 saturated heterocycles. The number of rotatable bonds is 4. The lowest BCUT2D eigenvalue weighted by atomic mass is 10.00. The Morgan fingerprint density at radius 3 is 2.54 bits per heavy atom. The third-order valence-corrected chi connectivity index (χ3v) is 5.22. The maximum atomic E-state index is 13.1. The highest BCUT2D eigenvalue weighted by Crippen LogP contribution is 2.51. The van der Waals surface area contributed by atoms with E-state index in [4.69, 9.17) is 0 Å². The zero-order valence-corrected chi connectivity index (χ0v) is 13.6. The van der Waals surface area contributed by atoms with E-state index in [0.29, 0.717) is 19.3 Å². The van der Waals surface area contributed by atoms with Gasteiger partial charge in [0.1, 0.15) is 0 Å². The van der Waals surface area contributed by atoms with E-state index < -0.39 is 23.3 Å². The van der Waals surface area contributed by atoms with Gasteiger partial charge in [-0.3, -0.25) is 4.79 Å². The number of hydrogen-bond acceptors (Lipinski definition) is 2. The zero-order valence-electron chi connectivity index (χ0n) is 13.6. The first kappa shape index (κ1) is 17.3. The number of carbonyl (C=O) groups is 1. The molecule has 6 heteroatoms. The second-order valence-corrected chi connectivity index (χ2v) is 7.16. The van der Waals surface area contributed by atoms with Crippen LogP contribution in [0, 0.1) is 5.92 Å². The molecule has 1 aromatic carbocycles. The van der Waals surface area contributed by atoms with Crippen LogP contribution in [0.3, 0.4) is 0 Å². The summed E-state index contributed by atoms with van der Waals surface area (Å²) >= 11 is 0. The van der Waals surface area contributed by atoms with Gasteiger partial charge in [-0.15, -0.1) is 0 Å². The number of aliphatic hydroxyl groups is 1. The largest absolute Gasteiger partial charge is 0.416 e. The van der Waals surface area contributed by atoms with Crippen molar-refractivity contribution >= 4 is 5.91 Å². The first-order valence-corrected chi connectivity index (χ1v) is 8.35. The normalized spacial score (nSPS) is 25.5. The average molecular weight is 341 g/mol. The van der Waals surface area contributed by atoms with Crippen LogP contribution in [0.15, 0.2) is 24.3 Å². The highest BCUT2D eigenvalue weighted by atomic mass is 19.4. The fourth-order valence-corrected chi connectivity index (χ4v) is 3.88. The standard InChI is InChI=1S/C18H22F3NO2/c1-22(11-17(24)8-4-5-9-17)16(23)14-10-13(14)12-6-2-3-7-15(12)18(19,20)21/h2-3,6-7,13-14,24H,4-5,8-11H2,1H3. The first-order valence-electron chi connectivity index (χ1n) is 8.35. The summed E-state index contributed by atoms with van der Waals surface area (Å²) in [4.78, 5) is 14.0. The molecule has 2 saturated carbocycles. The highest BCUT2D eigenvalue weighted by Gasteiger charge is 2.49. The van der Waals surface area contributed by atoms with Crippen LogP contribution in [0.4, 0.5) is 13.2 Å². The van der Waals surface area contributed by atoms with E-state index in [1.807, 2.05) is 0 Å². The van der Waals surface area contributed by atoms with Crippen molar-refractivity contribution in [2.24, 2.45) is 5.92 Å². The summed E-state index contributed by atoms with van der Waals surface area (Å²) in [5, 5.41) is 10.4. The average Bonchev–Trinajstić information content (AvgIpc) is 3.20. The van der Waals surface area contributed by atoms with Crippen LogP contribution in [-0.4, -0.2) is 35.1 Å². The lowest BCUT2D eigenvalue weighted by Gasteiger charge is -2.28. The molecule has 0 aromatic heterocycles. The molecule has 0 bridgehead atoms. The maximum Gasteiger partial charge on any atom is 0.416 e. The van der Waals surface area contributed by atoms with Crippen molar-refractivity contribution in [3.63, 3.8) is 0 Å². The number of alkyl halides is 3. The third-order valence-electron chi connectivity index (χ3n) is 5.22. The highest BCUT2D eigenvalue weighted by molar-refractivity contribution is 5.83. The fourth-order valence-electron chi connectivity index (χ4n) is 3.88. The molecular weight excluding hydrogens is 319 g/mol. The first-order chi connectivity index (χ1) is 11.2. The van der Waals surface area contributed by atoms with Crippen molar-refractivity contribution in [3.05, 3.63) is 35.4 Å². The molecule has 1 amide bonds. The molecule has 2 aliphatic rings. The Morgan fingerprint density at radius 2 is 1.92 bits per heavy atom. The topological polar surface area (TPSA) is 40.5 Å². The van der Waals surface area contributed by atoms with Gasteiger partial charge in [0.25, 0.3) is 0 Å². The van der Waals surface area contributed by atoms with Gasteiger partial charge in [-0.25, -0.2) is 0 Å². The molecule has 3 rings (SSSR count). The predicted molar refractivity (Wildman–Crippen MR) is 83.3 cm³/mol. The summed E-state index contributed by atoms with van der Waals surface area (Å²) in [5.74, 6) is -0.961. The summed E-state index contributed by atoms with van der Waals surface area (Å²) in [7, 11) is 1.63. The number of carbonyl (C=O) groups excluding carboxylic acids is 1. The van der Waals surface area contributed by atoms with Crippen molar-refractivity contribution in [2.45, 2.75) is 49.8 Å². The lowest BCUT2D eigenvalue weighted by molar-refractivity contribution is -0.139. The van der Waals surface area contributed by atoms with Crippen LogP contribution >= 0.6 is 0 Å². The van der Waals surface area contributed by atoms with Gasteiger partial charge in [-0.1, -0.05) is 31.0 Å². The Bertz CT molecular complexity index is 623. The SMILES string of the molecule is CN(CC1(O)CCCC1)C(=O)C1CC1c1ccccc1C(F)(F)F. The summed E-state index contributed by atoms with van der Waals surface area (Å²) in [6.45, 7) is 0.260. The molecule has 2 fully saturated rings. The van der Waals surface area contributed by atoms with Gasteiger partial charge < -0.3 is 10.0 Å². The Kier molecular flexibility index (Phi) is 4.36. The summed E-state index contributed by atoms with van der Waals surface area (Å²) in [6, 6.07) is 5.48. The number of hydrogen-bond donors (Lipinski definition) is 1. The molecule has 3 nitrogen and oxygen atoms in total. The molecule has 0 spiro atoms. The Hall–Kier alpha value is -1.56. The van der Waals surface area contributed by atoms with Gasteiger partial charge >= 0.3 is 6.18 Å². The van der Waals surface area contributed by atoms with Gasteiger partial charge in [0.05, 0.1) is 11.2 Å². The molecule has 2 aliphatic carbocycles. The number of nitrogens with zero attached hydrogens (tertiary/aromatic N) is 1. The van der Waals surface area contributed by atoms with Crippen molar-refractivity contribution in [2.75, 3.05) is 13.6 Å². The van der Waals surface area contributed by atoms with Crippen LogP contribution in [-0.2, 0) is 11.0 Å². The van der Waals surface area contributed by atoms with E-state index in [2.05, 4.69) is 0 Å². The second kappa shape index (κ2) is 6.06. The van der Waals surface area contributed by atoms with E-state index in [1.165, 1.54) is 17.0 Å². The van der Waals surface area contributed by atoms with Crippen LogP contribution in [0.1, 0.15) is 49.1 Å². The number of amides is 1. The molecule has 132 valence electrons. The van der Waals surface area contributed by atoms with Gasteiger partial charge in [0.2, 0.25) is 5.91 Å². The molecule has 24 heavy (non-hydrogen) atoms. The van der Waals surface area contributed by atoms with Crippen molar-refractivity contribution in [1.82, 2.24) is 4.90 Å². The van der Waals surface area contributed by atoms with Crippen LogP contribution < -0.4 is 0 Å². The Morgan fingerprint density at radius 1 is 1.29 bits per heavy atom. The zero-order chi connectivity index (χ0) is 17.5. The van der Waals surface area contributed by atoms with Gasteiger partial charge in [-0.05, 0) is 36.8 Å². The smallest absolute Gasteiger partial charge is 0.388 e. The minimum absolute atomic E-state index is 0.169. The molecule has 2 unspecified atom stereocenters. The van der Waals surface area contributed by atoms with Crippen molar-refractivity contribution < 1.29 is 23.1 Å². The van der Waals surface area contributed by atoms with E-state index in [9.17, 15) is 23.1 Å². The minimum Gasteiger partial charge on any atom is -0.388 e. The molecule has 1 aromatic rings. The third kappa shape index (κ3) is 3.43. The predicted octanol–water partition coefficient (Wildman–Crippen LogP) is 3.57. The molecular formula is C18H22F3NO2. The number of likely N-dealkylation sites (N-methyl/N-ethyl adjacent to an activating group) is 1. The summed E-state index contributed by atoms with van der Waals surface area (Å²) in [5.41, 5.74) is -1.28. The number of halogens is 3. The molecule has 0 aliphatic heterocycles. The van der Waals surface area contributed by atoms with Crippen LogP contribution in [0.2, 0.25) is 0 Å². The van der Waals surface area contributed by atoms with E-state index in [-0.39, 0.29) is 23.9 Å². The quantitative estimate of drug-likeness (QED) is 0.909. The van der Waals surface area contributed by atoms with Crippen LogP contribution in [0.5, 0.6) is 0 Å². The van der Waals surface area contributed by atoms with E-state index >= 15 is 0 Å². The number of benzene rings is 1. The van der Waals surface area contributed by atoms with Crippen molar-refractivity contribution in [1.29, 1.82) is 0 Å². The van der Waals surface area contributed by atoms with E-state index in [0.717, 1.165) is 18.9 Å². The van der Waals surface area contributed by atoms with Crippen LogP contribution in [0.25, 0.3) is 0 Å². The van der Waals surface area contributed by atoms with E-state index in [1.54, 1.807) is 13.1 Å². The minimum atomic E-state index is -4.41. The Labute approximate surface area is 139 Å². The monoisotopic (exact) mass is 341 g/mol. The fraction of sp³-hybridized carbons (Fsp3) is 0.611. The molecule has 2 atom stereocenters. The van der Waals surface area contributed by atoms with Crippen molar-refractivity contribution in [3.8, 4) is 0 Å². The van der Waals surface area contributed by atoms with Gasteiger partial charge in [0, 0.05) is 19.5 Å². The molecule has 0 heterocycles. The second-order valence-electron chi connectivity index (χ2n) is 7.16. The summed E-state index contributed by atoms with van der Waals surface area (Å²) < 4.78 is 39.3. The Balaban J connectivity index is 1.68. The lowest BCUT2D eigenvalue weighted by Crippen LogP contribution is -2.42.